The van der Waals surface area contributed by atoms with E-state index in [9.17, 15) is 9.18 Å². The van der Waals surface area contributed by atoms with Crippen LogP contribution in [0.25, 0.3) is 39.0 Å². The Kier molecular flexibility index (Phi) is 7.34. The number of pyridine rings is 1. The van der Waals surface area contributed by atoms with E-state index >= 15 is 0 Å². The minimum Gasteiger partial charge on any atom is -0.494 e. The predicted molar refractivity (Wildman–Crippen MR) is 185 cm³/mol. The van der Waals surface area contributed by atoms with Gasteiger partial charge < -0.3 is 29.2 Å². The number of rotatable bonds is 3. The van der Waals surface area contributed by atoms with Gasteiger partial charge in [0.15, 0.2) is 5.65 Å². The Bertz CT molecular complexity index is 2270. The smallest absolute Gasteiger partial charge is 0.245 e. The van der Waals surface area contributed by atoms with Crippen LogP contribution in [0, 0.1) is 12.7 Å². The van der Waals surface area contributed by atoms with Crippen LogP contribution in [0.5, 0.6) is 5.75 Å². The summed E-state index contributed by atoms with van der Waals surface area (Å²) in [5.41, 5.74) is 4.80. The van der Waals surface area contributed by atoms with Crippen molar-refractivity contribution in [1.29, 1.82) is 0 Å². The van der Waals surface area contributed by atoms with Crippen molar-refractivity contribution in [2.75, 3.05) is 43.6 Å². The SMILES string of the molecule is COc1cc(F)ccc1-n1ncc2c(N3C[C@@H]4C[C@H]3C(=O)N3CCCO[C@@H](C3)Cn3c(C)nc5cccc(c53)-c3cccc(n3)N4)ncnc21. The zero-order valence-electron chi connectivity index (χ0n) is 27.7. The number of aryl methyl sites for hydroxylation is 1. The van der Waals surface area contributed by atoms with Gasteiger partial charge in [0.1, 0.15) is 47.1 Å². The molecular formula is C36H35FN10O3. The fraction of sp³-hybridized carbons (Fsp3) is 0.333. The normalized spacial score (nSPS) is 20.8. The number of halogens is 1. The summed E-state index contributed by atoms with van der Waals surface area (Å²) in [6.07, 6.45) is 4.22. The van der Waals surface area contributed by atoms with E-state index in [0.717, 1.165) is 40.4 Å². The van der Waals surface area contributed by atoms with E-state index in [-0.39, 0.29) is 18.1 Å². The van der Waals surface area contributed by atoms with Gasteiger partial charge in [-0.1, -0.05) is 18.2 Å². The van der Waals surface area contributed by atoms with Gasteiger partial charge in [-0.15, -0.1) is 0 Å². The number of carbonyl (C=O) groups is 1. The number of imidazole rings is 1. The number of anilines is 2. The average Bonchev–Trinajstić information content (AvgIpc) is 3.78. The number of hydrogen-bond donors (Lipinski definition) is 1. The second kappa shape index (κ2) is 12.1. The van der Waals surface area contributed by atoms with Crippen LogP contribution in [0.2, 0.25) is 0 Å². The summed E-state index contributed by atoms with van der Waals surface area (Å²) in [6.45, 7) is 4.67. The Labute approximate surface area is 286 Å². The van der Waals surface area contributed by atoms with Gasteiger partial charge in [0, 0.05) is 43.9 Å². The Balaban J connectivity index is 1.15. The number of methoxy groups -OCH3 is 1. The minimum atomic E-state index is -0.514. The van der Waals surface area contributed by atoms with E-state index in [1.165, 1.54) is 25.6 Å². The molecule has 13 nitrogen and oxygen atoms in total. The number of amides is 1. The predicted octanol–water partition coefficient (Wildman–Crippen LogP) is 4.37. The lowest BCUT2D eigenvalue weighted by Gasteiger charge is -2.31. The van der Waals surface area contributed by atoms with E-state index in [1.54, 1.807) is 16.9 Å². The number of para-hydroxylation sites is 1. The highest BCUT2D eigenvalue weighted by atomic mass is 19.1. The van der Waals surface area contributed by atoms with Crippen molar-refractivity contribution < 1.29 is 18.7 Å². The average molecular weight is 675 g/mol. The monoisotopic (exact) mass is 674 g/mol. The molecule has 3 aliphatic heterocycles. The molecule has 50 heavy (non-hydrogen) atoms. The third-order valence-electron chi connectivity index (χ3n) is 9.96. The first kappa shape index (κ1) is 30.4. The number of carbonyl (C=O) groups excluding carboxylic acids is 1. The minimum absolute atomic E-state index is 0.0219. The van der Waals surface area contributed by atoms with Crippen LogP contribution in [-0.4, -0.2) is 96.6 Å². The number of nitrogens with one attached hydrogen (secondary N) is 1. The molecule has 0 aliphatic carbocycles. The Morgan fingerprint density at radius 3 is 2.84 bits per heavy atom. The molecule has 0 spiro atoms. The molecular weight excluding hydrogens is 639 g/mol. The molecule has 6 bridgehead atoms. The van der Waals surface area contributed by atoms with Crippen molar-refractivity contribution in [3.05, 3.63) is 78.8 Å². The summed E-state index contributed by atoms with van der Waals surface area (Å²) in [6, 6.07) is 15.8. The van der Waals surface area contributed by atoms with E-state index < -0.39 is 11.9 Å². The molecule has 4 aromatic heterocycles. The fourth-order valence-corrected chi connectivity index (χ4v) is 7.70. The van der Waals surface area contributed by atoms with Crippen LogP contribution in [-0.2, 0) is 16.1 Å². The van der Waals surface area contributed by atoms with Crippen LogP contribution in [0.4, 0.5) is 16.0 Å². The molecule has 0 saturated carbocycles. The second-order valence-electron chi connectivity index (χ2n) is 13.0. The summed E-state index contributed by atoms with van der Waals surface area (Å²) >= 11 is 0. The van der Waals surface area contributed by atoms with Gasteiger partial charge >= 0.3 is 0 Å². The maximum atomic E-state index is 14.7. The van der Waals surface area contributed by atoms with Crippen LogP contribution in [0.15, 0.2) is 67.1 Å². The van der Waals surface area contributed by atoms with E-state index in [1.807, 2.05) is 42.2 Å². The van der Waals surface area contributed by atoms with Gasteiger partial charge in [0.25, 0.3) is 0 Å². The quantitative estimate of drug-likeness (QED) is 0.289. The van der Waals surface area contributed by atoms with Crippen molar-refractivity contribution in [3.8, 4) is 22.7 Å². The molecule has 6 aromatic rings. The summed E-state index contributed by atoms with van der Waals surface area (Å²) < 4.78 is 29.7. The van der Waals surface area contributed by atoms with Crippen molar-refractivity contribution >= 4 is 39.6 Å². The molecule has 7 heterocycles. The summed E-state index contributed by atoms with van der Waals surface area (Å²) in [4.78, 5) is 38.0. The first-order valence-electron chi connectivity index (χ1n) is 16.8. The highest BCUT2D eigenvalue weighted by Gasteiger charge is 2.42. The number of fused-ring (bicyclic) bond motifs is 8. The molecule has 14 heteroatoms. The number of ether oxygens (including phenoxy) is 2. The van der Waals surface area contributed by atoms with Gasteiger partial charge in [0.05, 0.1) is 48.1 Å². The molecule has 2 aromatic carbocycles. The molecule has 3 aliphatic rings. The summed E-state index contributed by atoms with van der Waals surface area (Å²) in [7, 11) is 1.49. The van der Waals surface area contributed by atoms with Crippen LogP contribution in [0.1, 0.15) is 18.7 Å². The van der Waals surface area contributed by atoms with Crippen molar-refractivity contribution in [2.45, 2.75) is 44.5 Å². The Morgan fingerprint density at radius 1 is 1.04 bits per heavy atom. The maximum Gasteiger partial charge on any atom is 0.245 e. The number of benzene rings is 2. The summed E-state index contributed by atoms with van der Waals surface area (Å²) in [5.74, 6) is 2.13. The third-order valence-corrected chi connectivity index (χ3v) is 9.96. The Morgan fingerprint density at radius 2 is 1.94 bits per heavy atom. The van der Waals surface area contributed by atoms with Crippen molar-refractivity contribution in [2.24, 2.45) is 0 Å². The topological polar surface area (TPSA) is 128 Å². The molecule has 9 rings (SSSR count). The van der Waals surface area contributed by atoms with Crippen molar-refractivity contribution in [1.82, 2.24) is 39.2 Å². The van der Waals surface area contributed by atoms with Gasteiger partial charge in [-0.3, -0.25) is 4.79 Å². The van der Waals surface area contributed by atoms with E-state index in [0.29, 0.717) is 67.5 Å². The highest BCUT2D eigenvalue weighted by Crippen LogP contribution is 2.35. The van der Waals surface area contributed by atoms with Gasteiger partial charge in [-0.2, -0.15) is 5.10 Å². The molecule has 2 fully saturated rings. The lowest BCUT2D eigenvalue weighted by atomic mass is 10.1. The molecule has 254 valence electrons. The van der Waals surface area contributed by atoms with Crippen LogP contribution >= 0.6 is 0 Å². The fourth-order valence-electron chi connectivity index (χ4n) is 7.70. The molecule has 1 amide bonds. The molecule has 0 radical (unpaired) electrons. The Hall–Kier alpha value is -5.63. The van der Waals surface area contributed by atoms with Gasteiger partial charge in [-0.25, -0.2) is 29.0 Å². The zero-order valence-corrected chi connectivity index (χ0v) is 27.7. The zero-order chi connectivity index (χ0) is 33.9. The largest absolute Gasteiger partial charge is 0.494 e. The maximum absolute atomic E-state index is 14.7. The van der Waals surface area contributed by atoms with E-state index in [2.05, 4.69) is 30.9 Å². The number of aromatic nitrogens is 7. The molecule has 1 N–H and O–H groups in total. The third kappa shape index (κ3) is 5.09. The van der Waals surface area contributed by atoms with Crippen LogP contribution in [0.3, 0.4) is 0 Å². The van der Waals surface area contributed by atoms with E-state index in [4.69, 9.17) is 24.4 Å². The molecule has 3 atom stereocenters. The van der Waals surface area contributed by atoms with Gasteiger partial charge in [-0.05, 0) is 50.1 Å². The highest BCUT2D eigenvalue weighted by molar-refractivity contribution is 5.94. The molecule has 2 saturated heterocycles. The lowest BCUT2D eigenvalue weighted by Crippen LogP contribution is -2.48. The van der Waals surface area contributed by atoms with Gasteiger partial charge in [0.2, 0.25) is 5.91 Å². The standard InChI is InChI=1S/C36H35FN10O3/c1-21-41-28-8-3-6-25-27-7-4-9-32(43-27)42-23-15-30(36(48)44-12-5-13-50-24(18-44)19-45(21)33(25)28)46(17-23)34-26-16-40-47(35(26)39-20-38-34)29-11-10-22(37)14-31(29)49-2/h3-4,6-11,14,16,20,23-24,30H,5,12-13,15,17-19H2,1-2H3,(H,42,43)/t23-,24-,30-/m0/s1. The first-order valence-corrected chi connectivity index (χ1v) is 16.8. The second-order valence-corrected chi connectivity index (χ2v) is 13.0. The lowest BCUT2D eigenvalue weighted by molar-refractivity contribution is -0.133. The first-order chi connectivity index (χ1) is 24.4. The molecule has 0 unspecified atom stereocenters. The van der Waals surface area contributed by atoms with Crippen LogP contribution < -0.4 is 15.0 Å². The number of nitrogens with zero attached hydrogens (tertiary/aromatic N) is 9. The summed E-state index contributed by atoms with van der Waals surface area (Å²) in [5, 5.41) is 8.93. The van der Waals surface area contributed by atoms with Crippen molar-refractivity contribution in [3.63, 3.8) is 0 Å². The number of hydrogen-bond acceptors (Lipinski definition) is 10.